The SMILES string of the molecule is O=C(CN1C(=O)S/C(=C/c2ccc(Oc3ccc([N+](=O)[O-])cc3[N+](=O)[O-])cc2)C1=O)N1CCN(c2ccccc2)CC1. The van der Waals surface area contributed by atoms with E-state index in [0.717, 1.165) is 40.5 Å². The van der Waals surface area contributed by atoms with Crippen molar-refractivity contribution in [1.82, 2.24) is 9.80 Å². The van der Waals surface area contributed by atoms with Crippen molar-refractivity contribution in [2.24, 2.45) is 0 Å². The average Bonchev–Trinajstić information content (AvgIpc) is 3.25. The van der Waals surface area contributed by atoms with E-state index in [-0.39, 0.29) is 28.9 Å². The molecule has 0 aliphatic carbocycles. The Bertz CT molecular complexity index is 1590. The van der Waals surface area contributed by atoms with Gasteiger partial charge in [0.1, 0.15) is 12.3 Å². The number of thioether (sulfide) groups is 1. The maximum absolute atomic E-state index is 13.0. The van der Waals surface area contributed by atoms with Gasteiger partial charge in [-0.05, 0) is 53.7 Å². The van der Waals surface area contributed by atoms with Crippen LogP contribution in [0.25, 0.3) is 6.08 Å². The maximum Gasteiger partial charge on any atom is 0.318 e. The topological polar surface area (TPSA) is 156 Å². The van der Waals surface area contributed by atoms with E-state index in [2.05, 4.69) is 4.90 Å². The number of nitrogens with zero attached hydrogens (tertiary/aromatic N) is 5. The van der Waals surface area contributed by atoms with Gasteiger partial charge in [-0.2, -0.15) is 0 Å². The Morgan fingerprint density at radius 1 is 0.905 bits per heavy atom. The van der Waals surface area contributed by atoms with Gasteiger partial charge in [-0.1, -0.05) is 30.3 Å². The molecule has 0 spiro atoms. The molecule has 214 valence electrons. The summed E-state index contributed by atoms with van der Waals surface area (Å²) in [4.78, 5) is 64.1. The van der Waals surface area contributed by atoms with Gasteiger partial charge >= 0.3 is 5.69 Å². The van der Waals surface area contributed by atoms with Crippen molar-refractivity contribution in [3.05, 3.63) is 103 Å². The molecule has 13 nitrogen and oxygen atoms in total. The molecule has 2 aliphatic rings. The molecular formula is C28H23N5O8S. The number of rotatable bonds is 8. The van der Waals surface area contributed by atoms with Crippen LogP contribution in [0.15, 0.2) is 77.7 Å². The van der Waals surface area contributed by atoms with E-state index in [1.54, 1.807) is 17.0 Å². The molecule has 0 N–H and O–H groups in total. The molecule has 0 aromatic heterocycles. The van der Waals surface area contributed by atoms with Crippen LogP contribution < -0.4 is 9.64 Å². The van der Waals surface area contributed by atoms with E-state index >= 15 is 0 Å². The summed E-state index contributed by atoms with van der Waals surface area (Å²) >= 11 is 0.737. The van der Waals surface area contributed by atoms with Gasteiger partial charge in [0.15, 0.2) is 0 Å². The number of hydrogen-bond donors (Lipinski definition) is 0. The Balaban J connectivity index is 1.20. The minimum absolute atomic E-state index is 0.154. The number of carbonyl (C=O) groups is 3. The number of nitro groups is 2. The quantitative estimate of drug-likeness (QED) is 0.205. The number of benzene rings is 3. The van der Waals surface area contributed by atoms with Crippen LogP contribution >= 0.6 is 11.8 Å². The lowest BCUT2D eigenvalue weighted by molar-refractivity contribution is -0.394. The summed E-state index contributed by atoms with van der Waals surface area (Å²) in [5, 5.41) is 21.7. The van der Waals surface area contributed by atoms with Gasteiger partial charge in [0.2, 0.25) is 11.7 Å². The number of piperazine rings is 1. The van der Waals surface area contributed by atoms with Crippen LogP contribution in [0.1, 0.15) is 5.56 Å². The monoisotopic (exact) mass is 589 g/mol. The third kappa shape index (κ3) is 6.23. The summed E-state index contributed by atoms with van der Waals surface area (Å²) in [6, 6.07) is 19.1. The van der Waals surface area contributed by atoms with Crippen molar-refractivity contribution in [2.75, 3.05) is 37.6 Å². The molecule has 3 aromatic carbocycles. The second-order valence-corrected chi connectivity index (χ2v) is 10.3. The molecule has 2 heterocycles. The summed E-state index contributed by atoms with van der Waals surface area (Å²) in [6.45, 7) is 1.92. The number of nitro benzene ring substituents is 2. The van der Waals surface area contributed by atoms with Gasteiger partial charge in [0.25, 0.3) is 16.8 Å². The lowest BCUT2D eigenvalue weighted by Gasteiger charge is -2.36. The number of para-hydroxylation sites is 1. The third-order valence-corrected chi connectivity index (χ3v) is 7.58. The Morgan fingerprint density at radius 3 is 2.24 bits per heavy atom. The Hall–Kier alpha value is -5.24. The molecule has 3 aromatic rings. The van der Waals surface area contributed by atoms with Crippen molar-refractivity contribution in [1.29, 1.82) is 0 Å². The largest absolute Gasteiger partial charge is 0.450 e. The smallest absolute Gasteiger partial charge is 0.318 e. The van der Waals surface area contributed by atoms with Gasteiger partial charge in [-0.25, -0.2) is 0 Å². The van der Waals surface area contributed by atoms with E-state index in [4.69, 9.17) is 4.74 Å². The third-order valence-electron chi connectivity index (χ3n) is 6.68. The van der Waals surface area contributed by atoms with Crippen LogP contribution in [-0.2, 0) is 9.59 Å². The van der Waals surface area contributed by atoms with Gasteiger partial charge < -0.3 is 14.5 Å². The first-order chi connectivity index (χ1) is 20.2. The van der Waals surface area contributed by atoms with E-state index in [0.29, 0.717) is 31.7 Å². The second-order valence-electron chi connectivity index (χ2n) is 9.31. The molecule has 2 aliphatic heterocycles. The number of amides is 3. The summed E-state index contributed by atoms with van der Waals surface area (Å²) in [6.07, 6.45) is 1.51. The highest BCUT2D eigenvalue weighted by atomic mass is 32.2. The average molecular weight is 590 g/mol. The molecule has 0 saturated carbocycles. The second kappa shape index (κ2) is 12.1. The fraction of sp³-hybridized carbons (Fsp3) is 0.179. The number of non-ortho nitro benzene ring substituents is 1. The first-order valence-electron chi connectivity index (χ1n) is 12.7. The van der Waals surface area contributed by atoms with Crippen molar-refractivity contribution in [3.63, 3.8) is 0 Å². The van der Waals surface area contributed by atoms with Gasteiger partial charge in [-0.15, -0.1) is 0 Å². The predicted octanol–water partition coefficient (Wildman–Crippen LogP) is 4.68. The van der Waals surface area contributed by atoms with E-state index in [1.807, 2.05) is 30.3 Å². The van der Waals surface area contributed by atoms with E-state index < -0.39 is 32.4 Å². The van der Waals surface area contributed by atoms with Gasteiger partial charge in [-0.3, -0.25) is 39.5 Å². The summed E-state index contributed by atoms with van der Waals surface area (Å²) in [5.41, 5.74) is 0.627. The first kappa shape index (κ1) is 28.3. The van der Waals surface area contributed by atoms with Crippen LogP contribution in [0.3, 0.4) is 0 Å². The fourth-order valence-corrected chi connectivity index (χ4v) is 5.32. The van der Waals surface area contributed by atoms with Crippen LogP contribution in [0.2, 0.25) is 0 Å². The van der Waals surface area contributed by atoms with Crippen LogP contribution in [-0.4, -0.2) is 69.4 Å². The van der Waals surface area contributed by atoms with E-state index in [9.17, 15) is 34.6 Å². The number of carbonyl (C=O) groups excluding carboxylic acids is 3. The lowest BCUT2D eigenvalue weighted by Crippen LogP contribution is -2.51. The zero-order valence-electron chi connectivity index (χ0n) is 22.0. The lowest BCUT2D eigenvalue weighted by atomic mass is 10.2. The molecule has 0 bridgehead atoms. The molecule has 0 unspecified atom stereocenters. The molecule has 2 saturated heterocycles. The van der Waals surface area contributed by atoms with Crippen molar-refractivity contribution in [2.45, 2.75) is 0 Å². The number of imide groups is 1. The number of ether oxygens (including phenoxy) is 1. The zero-order valence-corrected chi connectivity index (χ0v) is 22.8. The molecule has 2 fully saturated rings. The van der Waals surface area contributed by atoms with Crippen LogP contribution in [0.5, 0.6) is 11.5 Å². The van der Waals surface area contributed by atoms with Gasteiger partial charge in [0, 0.05) is 37.9 Å². The van der Waals surface area contributed by atoms with Crippen LogP contribution in [0, 0.1) is 20.2 Å². The fourth-order valence-electron chi connectivity index (χ4n) is 4.48. The molecule has 0 radical (unpaired) electrons. The highest BCUT2D eigenvalue weighted by molar-refractivity contribution is 8.18. The van der Waals surface area contributed by atoms with Crippen molar-refractivity contribution < 1.29 is 29.0 Å². The van der Waals surface area contributed by atoms with Crippen LogP contribution in [0.4, 0.5) is 21.9 Å². The summed E-state index contributed by atoms with van der Waals surface area (Å²) in [5.74, 6) is -0.822. The highest BCUT2D eigenvalue weighted by Crippen LogP contribution is 2.35. The minimum Gasteiger partial charge on any atom is -0.450 e. The normalized spacial score (nSPS) is 16.2. The number of hydrogen-bond acceptors (Lipinski definition) is 10. The first-order valence-corrected chi connectivity index (χ1v) is 13.5. The molecule has 0 atom stereocenters. The molecule has 3 amide bonds. The highest BCUT2D eigenvalue weighted by Gasteiger charge is 2.37. The predicted molar refractivity (Wildman–Crippen MR) is 154 cm³/mol. The molecule has 42 heavy (non-hydrogen) atoms. The van der Waals surface area contributed by atoms with Gasteiger partial charge in [0.05, 0.1) is 20.8 Å². The minimum atomic E-state index is -0.776. The molecule has 5 rings (SSSR count). The Morgan fingerprint density at radius 2 is 1.60 bits per heavy atom. The zero-order chi connectivity index (χ0) is 29.8. The maximum atomic E-state index is 13.0. The van der Waals surface area contributed by atoms with Crippen molar-refractivity contribution in [3.8, 4) is 11.5 Å². The molecule has 14 heteroatoms. The van der Waals surface area contributed by atoms with Crippen molar-refractivity contribution >= 4 is 52.0 Å². The molecular weight excluding hydrogens is 566 g/mol. The Kier molecular flexibility index (Phi) is 8.15. The van der Waals surface area contributed by atoms with E-state index in [1.165, 1.54) is 18.2 Å². The Labute approximate surface area is 243 Å². The summed E-state index contributed by atoms with van der Waals surface area (Å²) in [7, 11) is 0. The summed E-state index contributed by atoms with van der Waals surface area (Å²) < 4.78 is 5.55. The number of anilines is 1. The standard InChI is InChI=1S/C28H23N5O8S/c34-26(30-14-12-29(13-15-30)20-4-2-1-3-5-20)18-31-27(35)25(42-28(31)36)16-19-6-9-22(10-7-19)41-24-11-8-21(32(37)38)17-23(24)33(39)40/h1-11,16-17H,12-15,18H2/b25-16+.